The first-order chi connectivity index (χ1) is 6.52. The van der Waals surface area contributed by atoms with Gasteiger partial charge in [-0.2, -0.15) is 0 Å². The average Bonchev–Trinajstić information content (AvgIpc) is 2.01. The number of hydrogen-bond donors (Lipinski definition) is 2. The molecule has 0 aliphatic carbocycles. The molecule has 0 saturated heterocycles. The molecule has 2 N–H and O–H groups in total. The number of rotatable bonds is 8. The van der Waals surface area contributed by atoms with Crippen molar-refractivity contribution < 1.29 is 9.84 Å². The first-order valence-corrected chi connectivity index (χ1v) is 5.51. The molecule has 0 bridgehead atoms. The van der Waals surface area contributed by atoms with Crippen LogP contribution in [0.3, 0.4) is 0 Å². The summed E-state index contributed by atoms with van der Waals surface area (Å²) >= 11 is 0. The molecule has 2 atom stereocenters. The van der Waals surface area contributed by atoms with Gasteiger partial charge in [0.2, 0.25) is 0 Å². The van der Waals surface area contributed by atoms with Crippen molar-refractivity contribution in [2.75, 3.05) is 19.8 Å². The lowest BCUT2D eigenvalue weighted by molar-refractivity contribution is 0.107. The van der Waals surface area contributed by atoms with Crippen molar-refractivity contribution >= 4 is 0 Å². The quantitative estimate of drug-likeness (QED) is 0.586. The van der Waals surface area contributed by atoms with Gasteiger partial charge in [0.25, 0.3) is 0 Å². The zero-order valence-electron chi connectivity index (χ0n) is 9.92. The second kappa shape index (κ2) is 8.21. The van der Waals surface area contributed by atoms with Gasteiger partial charge >= 0.3 is 0 Å². The van der Waals surface area contributed by atoms with E-state index in [0.29, 0.717) is 12.0 Å². The van der Waals surface area contributed by atoms with Crippen molar-refractivity contribution in [2.24, 2.45) is 5.92 Å². The molecular weight excluding hydrogens is 178 g/mol. The second-order valence-electron chi connectivity index (χ2n) is 4.41. The van der Waals surface area contributed by atoms with Crippen LogP contribution in [0.5, 0.6) is 0 Å². The van der Waals surface area contributed by atoms with E-state index in [4.69, 9.17) is 9.84 Å². The average molecular weight is 203 g/mol. The zero-order chi connectivity index (χ0) is 11.0. The topological polar surface area (TPSA) is 41.5 Å². The monoisotopic (exact) mass is 203 g/mol. The molecule has 0 rings (SSSR count). The van der Waals surface area contributed by atoms with Crippen molar-refractivity contribution in [3.05, 3.63) is 0 Å². The summed E-state index contributed by atoms with van der Waals surface area (Å²) in [7, 11) is 0. The Morgan fingerprint density at radius 3 is 2.36 bits per heavy atom. The van der Waals surface area contributed by atoms with E-state index in [0.717, 1.165) is 26.2 Å². The highest BCUT2D eigenvalue weighted by Crippen LogP contribution is 1.96. The van der Waals surface area contributed by atoms with E-state index in [-0.39, 0.29) is 6.10 Å². The molecule has 0 spiro atoms. The van der Waals surface area contributed by atoms with E-state index < -0.39 is 0 Å². The third kappa shape index (κ3) is 9.96. The van der Waals surface area contributed by atoms with Crippen LogP contribution in [0, 0.1) is 5.92 Å². The highest BCUT2D eigenvalue weighted by atomic mass is 16.5. The fourth-order valence-corrected chi connectivity index (χ4v) is 1.29. The SMILES string of the molecule is CC(C)COCCNC(C)CC(C)O. The third-order valence-corrected chi connectivity index (χ3v) is 1.89. The fourth-order valence-electron chi connectivity index (χ4n) is 1.29. The minimum absolute atomic E-state index is 0.228. The predicted molar refractivity (Wildman–Crippen MR) is 59.4 cm³/mol. The largest absolute Gasteiger partial charge is 0.393 e. The Kier molecular flexibility index (Phi) is 8.14. The Bertz CT molecular complexity index is 126. The van der Waals surface area contributed by atoms with Gasteiger partial charge in [0.1, 0.15) is 0 Å². The van der Waals surface area contributed by atoms with E-state index >= 15 is 0 Å². The lowest BCUT2D eigenvalue weighted by Gasteiger charge is -2.15. The lowest BCUT2D eigenvalue weighted by Crippen LogP contribution is -2.32. The minimum Gasteiger partial charge on any atom is -0.393 e. The molecule has 0 aliphatic heterocycles. The first-order valence-electron chi connectivity index (χ1n) is 5.51. The molecule has 0 radical (unpaired) electrons. The van der Waals surface area contributed by atoms with Crippen LogP contribution in [0.15, 0.2) is 0 Å². The smallest absolute Gasteiger partial charge is 0.0591 e. The summed E-state index contributed by atoms with van der Waals surface area (Å²) in [5.41, 5.74) is 0. The summed E-state index contributed by atoms with van der Waals surface area (Å²) in [6, 6.07) is 0.359. The van der Waals surface area contributed by atoms with Gasteiger partial charge in [-0.05, 0) is 26.2 Å². The summed E-state index contributed by atoms with van der Waals surface area (Å²) in [5, 5.41) is 12.4. The molecule has 86 valence electrons. The Morgan fingerprint density at radius 1 is 1.21 bits per heavy atom. The van der Waals surface area contributed by atoms with Crippen LogP contribution in [-0.2, 0) is 4.74 Å². The molecule has 3 heteroatoms. The lowest BCUT2D eigenvalue weighted by atomic mass is 10.1. The van der Waals surface area contributed by atoms with Gasteiger partial charge < -0.3 is 15.2 Å². The second-order valence-corrected chi connectivity index (χ2v) is 4.41. The maximum Gasteiger partial charge on any atom is 0.0591 e. The molecule has 3 nitrogen and oxygen atoms in total. The van der Waals surface area contributed by atoms with E-state index in [1.165, 1.54) is 0 Å². The molecule has 0 saturated carbocycles. The molecule has 0 aromatic carbocycles. The van der Waals surface area contributed by atoms with Crippen molar-refractivity contribution in [3.63, 3.8) is 0 Å². The number of nitrogens with one attached hydrogen (secondary N) is 1. The summed E-state index contributed by atoms with van der Waals surface area (Å²) in [6.07, 6.45) is 0.568. The minimum atomic E-state index is -0.228. The fraction of sp³-hybridized carbons (Fsp3) is 1.00. The van der Waals surface area contributed by atoms with Crippen LogP contribution in [0.1, 0.15) is 34.1 Å². The molecule has 0 aromatic heterocycles. The van der Waals surface area contributed by atoms with Gasteiger partial charge in [0.05, 0.1) is 12.7 Å². The van der Waals surface area contributed by atoms with Gasteiger partial charge in [-0.1, -0.05) is 13.8 Å². The first kappa shape index (κ1) is 13.9. The zero-order valence-corrected chi connectivity index (χ0v) is 9.92. The van der Waals surface area contributed by atoms with Gasteiger partial charge in [-0.15, -0.1) is 0 Å². The Morgan fingerprint density at radius 2 is 1.86 bits per heavy atom. The van der Waals surface area contributed by atoms with Crippen LogP contribution in [0.25, 0.3) is 0 Å². The number of hydrogen-bond acceptors (Lipinski definition) is 3. The van der Waals surface area contributed by atoms with Crippen molar-refractivity contribution in [3.8, 4) is 0 Å². The summed E-state index contributed by atoms with van der Waals surface area (Å²) in [6.45, 7) is 10.6. The van der Waals surface area contributed by atoms with E-state index in [1.54, 1.807) is 0 Å². The molecule has 0 aliphatic rings. The highest BCUT2D eigenvalue weighted by Gasteiger charge is 2.04. The maximum atomic E-state index is 9.13. The highest BCUT2D eigenvalue weighted by molar-refractivity contribution is 4.63. The van der Waals surface area contributed by atoms with E-state index in [9.17, 15) is 0 Å². The van der Waals surface area contributed by atoms with Crippen LogP contribution in [0.2, 0.25) is 0 Å². The van der Waals surface area contributed by atoms with E-state index in [1.807, 2.05) is 6.92 Å². The molecule has 14 heavy (non-hydrogen) atoms. The Balaban J connectivity index is 3.19. The summed E-state index contributed by atoms with van der Waals surface area (Å²) < 4.78 is 5.43. The van der Waals surface area contributed by atoms with Gasteiger partial charge in [0, 0.05) is 19.2 Å². The predicted octanol–water partition coefficient (Wildman–Crippen LogP) is 1.41. The molecule has 0 fully saturated rings. The number of aliphatic hydroxyl groups is 1. The molecule has 0 heterocycles. The van der Waals surface area contributed by atoms with Crippen LogP contribution >= 0.6 is 0 Å². The molecule has 2 unspecified atom stereocenters. The van der Waals surface area contributed by atoms with Crippen LogP contribution in [-0.4, -0.2) is 37.0 Å². The number of ether oxygens (including phenoxy) is 1. The van der Waals surface area contributed by atoms with E-state index in [2.05, 4.69) is 26.1 Å². The third-order valence-electron chi connectivity index (χ3n) is 1.89. The number of aliphatic hydroxyl groups excluding tert-OH is 1. The van der Waals surface area contributed by atoms with Crippen LogP contribution < -0.4 is 5.32 Å². The van der Waals surface area contributed by atoms with Crippen LogP contribution in [0.4, 0.5) is 0 Å². The molecular formula is C11H25NO2. The Hall–Kier alpha value is -0.120. The van der Waals surface area contributed by atoms with Gasteiger partial charge in [-0.25, -0.2) is 0 Å². The van der Waals surface area contributed by atoms with Gasteiger partial charge in [0.15, 0.2) is 0 Å². The van der Waals surface area contributed by atoms with Crippen molar-refractivity contribution in [2.45, 2.75) is 46.3 Å². The summed E-state index contributed by atoms with van der Waals surface area (Å²) in [5.74, 6) is 0.602. The molecule has 0 aromatic rings. The van der Waals surface area contributed by atoms with Gasteiger partial charge in [-0.3, -0.25) is 0 Å². The van der Waals surface area contributed by atoms with Crippen molar-refractivity contribution in [1.29, 1.82) is 0 Å². The Labute approximate surface area is 87.8 Å². The summed E-state index contributed by atoms with van der Waals surface area (Å²) in [4.78, 5) is 0. The standard InChI is InChI=1S/C11H25NO2/c1-9(2)8-14-6-5-12-10(3)7-11(4)13/h9-13H,5-8H2,1-4H3. The normalized spacial score (nSPS) is 15.9. The maximum absolute atomic E-state index is 9.13. The molecule has 0 amide bonds. The van der Waals surface area contributed by atoms with Crippen molar-refractivity contribution in [1.82, 2.24) is 5.32 Å².